The molecule has 1 heterocycles. The van der Waals surface area contributed by atoms with E-state index in [2.05, 4.69) is 24.1 Å². The molecular formula is C24H32N2O5S. The van der Waals surface area contributed by atoms with Crippen LogP contribution in [0.3, 0.4) is 0 Å². The molecule has 0 saturated heterocycles. The van der Waals surface area contributed by atoms with E-state index < -0.39 is 0 Å². The van der Waals surface area contributed by atoms with Crippen LogP contribution in [0.25, 0.3) is 0 Å². The highest BCUT2D eigenvalue weighted by Crippen LogP contribution is 2.34. The van der Waals surface area contributed by atoms with Gasteiger partial charge >= 0.3 is 0 Å². The number of ether oxygens (including phenoxy) is 4. The third kappa shape index (κ3) is 6.97. The Kier molecular flexibility index (Phi) is 9.37. The van der Waals surface area contributed by atoms with Gasteiger partial charge in [0.25, 0.3) is 0 Å². The number of fused-ring (bicyclic) bond motifs is 1. The minimum Gasteiger partial charge on any atom is -0.493 e. The Morgan fingerprint density at radius 3 is 2.59 bits per heavy atom. The summed E-state index contributed by atoms with van der Waals surface area (Å²) < 4.78 is 22.5. The third-order valence-electron chi connectivity index (χ3n) is 5.16. The van der Waals surface area contributed by atoms with Crippen LogP contribution in [0, 0.1) is 0 Å². The van der Waals surface area contributed by atoms with Gasteiger partial charge in [-0.1, -0.05) is 19.9 Å². The number of amides is 1. The minimum absolute atomic E-state index is 0.0385. The van der Waals surface area contributed by atoms with Crippen LogP contribution < -0.4 is 24.3 Å². The molecule has 0 aromatic heterocycles. The standard InChI is InChI=1S/C24H32N2O5S/c1-4-26(5-2)10-11-29-20-8-6-18(14-22(20)28-3)16-25-24(27)17-32-19-7-9-21-23(15-19)31-13-12-30-21/h6-9,14-15H,4-5,10-13,16-17H2,1-3H3,(H,25,27). The number of benzene rings is 2. The predicted octanol–water partition coefficient (Wildman–Crippen LogP) is 3.60. The van der Waals surface area contributed by atoms with Gasteiger partial charge in [-0.2, -0.15) is 0 Å². The zero-order valence-electron chi connectivity index (χ0n) is 19.0. The molecule has 174 valence electrons. The normalized spacial score (nSPS) is 12.5. The first kappa shape index (κ1) is 24.1. The highest BCUT2D eigenvalue weighted by Gasteiger charge is 2.13. The maximum absolute atomic E-state index is 12.3. The van der Waals surface area contributed by atoms with Crippen molar-refractivity contribution in [1.82, 2.24) is 10.2 Å². The second-order valence-corrected chi connectivity index (χ2v) is 8.28. The van der Waals surface area contributed by atoms with E-state index in [0.29, 0.717) is 43.6 Å². The van der Waals surface area contributed by atoms with Gasteiger partial charge in [-0.3, -0.25) is 4.79 Å². The molecule has 2 aromatic rings. The van der Waals surface area contributed by atoms with E-state index in [1.54, 1.807) is 7.11 Å². The summed E-state index contributed by atoms with van der Waals surface area (Å²) in [4.78, 5) is 15.6. The van der Waals surface area contributed by atoms with E-state index in [9.17, 15) is 4.79 Å². The smallest absolute Gasteiger partial charge is 0.230 e. The van der Waals surface area contributed by atoms with Gasteiger partial charge in [-0.15, -0.1) is 11.8 Å². The Labute approximate surface area is 194 Å². The summed E-state index contributed by atoms with van der Waals surface area (Å²) in [5.41, 5.74) is 0.954. The number of hydrogen-bond donors (Lipinski definition) is 1. The number of carbonyl (C=O) groups excluding carboxylic acids is 1. The fourth-order valence-corrected chi connectivity index (χ4v) is 4.03. The molecule has 1 amide bonds. The molecule has 2 aromatic carbocycles. The number of nitrogens with zero attached hydrogens (tertiary/aromatic N) is 1. The molecule has 0 bridgehead atoms. The van der Waals surface area contributed by atoms with E-state index in [1.807, 2.05) is 36.4 Å². The van der Waals surface area contributed by atoms with Gasteiger partial charge in [0.2, 0.25) is 5.91 Å². The van der Waals surface area contributed by atoms with Crippen LogP contribution in [-0.4, -0.2) is 63.1 Å². The van der Waals surface area contributed by atoms with Crippen LogP contribution in [0.1, 0.15) is 19.4 Å². The molecule has 0 unspecified atom stereocenters. The van der Waals surface area contributed by atoms with Gasteiger partial charge in [-0.05, 0) is 49.0 Å². The van der Waals surface area contributed by atoms with Gasteiger partial charge in [0.15, 0.2) is 23.0 Å². The van der Waals surface area contributed by atoms with Crippen molar-refractivity contribution in [3.8, 4) is 23.0 Å². The highest BCUT2D eigenvalue weighted by atomic mass is 32.2. The number of thioether (sulfide) groups is 1. The SMILES string of the molecule is CCN(CC)CCOc1ccc(CNC(=O)CSc2ccc3c(c2)OCCO3)cc1OC. The van der Waals surface area contributed by atoms with Crippen molar-refractivity contribution >= 4 is 17.7 Å². The van der Waals surface area contributed by atoms with Gasteiger partial charge < -0.3 is 29.2 Å². The van der Waals surface area contributed by atoms with Gasteiger partial charge in [0, 0.05) is 18.0 Å². The van der Waals surface area contributed by atoms with E-state index in [-0.39, 0.29) is 5.91 Å². The Morgan fingerprint density at radius 1 is 1.06 bits per heavy atom. The average molecular weight is 461 g/mol. The van der Waals surface area contributed by atoms with Crippen molar-refractivity contribution in [3.05, 3.63) is 42.0 Å². The van der Waals surface area contributed by atoms with Crippen LogP contribution in [0.2, 0.25) is 0 Å². The van der Waals surface area contributed by atoms with E-state index in [0.717, 1.165) is 41.6 Å². The molecule has 0 fully saturated rings. The van der Waals surface area contributed by atoms with Crippen molar-refractivity contribution in [1.29, 1.82) is 0 Å². The quantitative estimate of drug-likeness (QED) is 0.486. The molecule has 1 aliphatic rings. The van der Waals surface area contributed by atoms with E-state index >= 15 is 0 Å². The summed E-state index contributed by atoms with van der Waals surface area (Å²) in [6.07, 6.45) is 0. The molecule has 0 radical (unpaired) electrons. The summed E-state index contributed by atoms with van der Waals surface area (Å²) >= 11 is 1.47. The number of hydrogen-bond acceptors (Lipinski definition) is 7. The van der Waals surface area contributed by atoms with Crippen LogP contribution in [0.5, 0.6) is 23.0 Å². The molecule has 3 rings (SSSR count). The van der Waals surface area contributed by atoms with Crippen LogP contribution in [0.15, 0.2) is 41.3 Å². The molecule has 0 aliphatic carbocycles. The fraction of sp³-hybridized carbons (Fsp3) is 0.458. The summed E-state index contributed by atoms with van der Waals surface area (Å²) in [6.45, 7) is 9.30. The Bertz CT molecular complexity index is 889. The molecule has 8 heteroatoms. The van der Waals surface area contributed by atoms with Crippen LogP contribution >= 0.6 is 11.8 Å². The number of rotatable bonds is 12. The first-order chi connectivity index (χ1) is 15.6. The second kappa shape index (κ2) is 12.5. The molecule has 0 atom stereocenters. The topological polar surface area (TPSA) is 69.3 Å². The predicted molar refractivity (Wildman–Crippen MR) is 126 cm³/mol. The van der Waals surface area contributed by atoms with Crippen molar-refractivity contribution < 1.29 is 23.7 Å². The lowest BCUT2D eigenvalue weighted by atomic mass is 10.2. The Morgan fingerprint density at radius 2 is 1.84 bits per heavy atom. The summed E-state index contributed by atoms with van der Waals surface area (Å²) in [7, 11) is 1.62. The lowest BCUT2D eigenvalue weighted by Gasteiger charge is -2.19. The third-order valence-corrected chi connectivity index (χ3v) is 6.15. The molecule has 0 saturated carbocycles. The first-order valence-corrected chi connectivity index (χ1v) is 11.9. The first-order valence-electron chi connectivity index (χ1n) is 10.9. The van der Waals surface area contributed by atoms with E-state index in [1.165, 1.54) is 11.8 Å². The number of nitrogens with one attached hydrogen (secondary N) is 1. The fourth-order valence-electron chi connectivity index (χ4n) is 3.28. The van der Waals surface area contributed by atoms with Gasteiger partial charge in [0.1, 0.15) is 19.8 Å². The Hall–Kier alpha value is -2.58. The maximum atomic E-state index is 12.3. The molecular weight excluding hydrogens is 428 g/mol. The summed E-state index contributed by atoms with van der Waals surface area (Å²) in [6, 6.07) is 11.5. The highest BCUT2D eigenvalue weighted by molar-refractivity contribution is 8.00. The van der Waals surface area contributed by atoms with Crippen molar-refractivity contribution in [2.45, 2.75) is 25.3 Å². The number of likely N-dealkylation sites (N-methyl/N-ethyl adjacent to an activating group) is 1. The lowest BCUT2D eigenvalue weighted by Crippen LogP contribution is -2.28. The van der Waals surface area contributed by atoms with Crippen LogP contribution in [-0.2, 0) is 11.3 Å². The van der Waals surface area contributed by atoms with Crippen LogP contribution in [0.4, 0.5) is 0 Å². The maximum Gasteiger partial charge on any atom is 0.230 e. The molecule has 0 spiro atoms. The monoisotopic (exact) mass is 460 g/mol. The minimum atomic E-state index is -0.0385. The number of methoxy groups -OCH3 is 1. The van der Waals surface area contributed by atoms with E-state index in [4.69, 9.17) is 18.9 Å². The second-order valence-electron chi connectivity index (χ2n) is 7.23. The molecule has 32 heavy (non-hydrogen) atoms. The molecule has 1 N–H and O–H groups in total. The van der Waals surface area contributed by atoms with Crippen molar-refractivity contribution in [2.24, 2.45) is 0 Å². The van der Waals surface area contributed by atoms with Gasteiger partial charge in [0.05, 0.1) is 12.9 Å². The average Bonchev–Trinajstić information content (AvgIpc) is 2.84. The van der Waals surface area contributed by atoms with Gasteiger partial charge in [-0.25, -0.2) is 0 Å². The van der Waals surface area contributed by atoms with Crippen molar-refractivity contribution in [3.63, 3.8) is 0 Å². The zero-order chi connectivity index (χ0) is 22.8. The largest absolute Gasteiger partial charge is 0.493 e. The lowest BCUT2D eigenvalue weighted by molar-refractivity contribution is -0.118. The Balaban J connectivity index is 1.45. The molecule has 1 aliphatic heterocycles. The summed E-state index contributed by atoms with van der Waals surface area (Å²) in [5.74, 6) is 3.14. The summed E-state index contributed by atoms with van der Waals surface area (Å²) in [5, 5.41) is 2.96. The van der Waals surface area contributed by atoms with Crippen molar-refractivity contribution in [2.75, 3.05) is 52.3 Å². The zero-order valence-corrected chi connectivity index (χ0v) is 19.8. The molecule has 7 nitrogen and oxygen atoms in total. The number of carbonyl (C=O) groups is 1.